The first-order valence-electron chi connectivity index (χ1n) is 10.2. The number of carbonyl (C=O) groups is 2. The van der Waals surface area contributed by atoms with E-state index >= 15 is 0 Å². The molecule has 0 aliphatic carbocycles. The fourth-order valence-corrected chi connectivity index (χ4v) is 4.33. The molecule has 2 heterocycles. The van der Waals surface area contributed by atoms with Crippen LogP contribution in [0.2, 0.25) is 5.02 Å². The molecule has 0 unspecified atom stereocenters. The standard InChI is InChI=1S/C24H24ClN3O3/c1-31-22-6-4-18(25)12-16(22)3-7-23(29)28-10-8-15(9-11-28)20-14-27-21-5-2-17(24(26)30)13-19(20)21/h2-7,12-15,27H,8-11H2,1H3,(H2,26,30)/b7-3+. The molecule has 1 aliphatic heterocycles. The number of likely N-dealkylation sites (tertiary alicyclic amines) is 1. The summed E-state index contributed by atoms with van der Waals surface area (Å²) < 4.78 is 5.33. The van der Waals surface area contributed by atoms with E-state index in [2.05, 4.69) is 4.98 Å². The average Bonchev–Trinajstić information content (AvgIpc) is 3.21. The number of nitrogens with two attached hydrogens (primary N) is 1. The number of aromatic amines is 1. The van der Waals surface area contributed by atoms with Crippen LogP contribution in [0.1, 0.15) is 40.2 Å². The number of hydrogen-bond donors (Lipinski definition) is 2. The van der Waals surface area contributed by atoms with E-state index < -0.39 is 5.91 Å². The number of nitrogens with zero attached hydrogens (tertiary/aromatic N) is 1. The number of piperidine rings is 1. The zero-order valence-electron chi connectivity index (χ0n) is 17.2. The third-order valence-corrected chi connectivity index (χ3v) is 6.08. The molecule has 0 spiro atoms. The van der Waals surface area contributed by atoms with E-state index in [4.69, 9.17) is 22.1 Å². The average molecular weight is 438 g/mol. The molecule has 0 atom stereocenters. The van der Waals surface area contributed by atoms with Crippen LogP contribution in [0.3, 0.4) is 0 Å². The quantitative estimate of drug-likeness (QED) is 0.581. The van der Waals surface area contributed by atoms with Gasteiger partial charge in [-0.15, -0.1) is 0 Å². The lowest BCUT2D eigenvalue weighted by Gasteiger charge is -2.31. The number of nitrogens with one attached hydrogen (secondary N) is 1. The molecule has 0 bridgehead atoms. The number of aromatic nitrogens is 1. The maximum atomic E-state index is 12.7. The summed E-state index contributed by atoms with van der Waals surface area (Å²) in [5.41, 5.74) is 8.86. The van der Waals surface area contributed by atoms with Crippen LogP contribution >= 0.6 is 11.6 Å². The first-order valence-corrected chi connectivity index (χ1v) is 10.6. The van der Waals surface area contributed by atoms with Crippen molar-refractivity contribution in [3.63, 3.8) is 0 Å². The van der Waals surface area contributed by atoms with Crippen molar-refractivity contribution in [3.05, 3.63) is 70.4 Å². The molecule has 31 heavy (non-hydrogen) atoms. The van der Waals surface area contributed by atoms with E-state index in [9.17, 15) is 9.59 Å². The Morgan fingerprint density at radius 3 is 2.68 bits per heavy atom. The second-order valence-corrected chi connectivity index (χ2v) is 8.12. The molecule has 0 saturated carbocycles. The summed E-state index contributed by atoms with van der Waals surface area (Å²) in [5.74, 6) is 0.521. The molecule has 1 saturated heterocycles. The molecule has 3 aromatic rings. The maximum absolute atomic E-state index is 12.7. The number of primary amides is 1. The Hall–Kier alpha value is -3.25. The van der Waals surface area contributed by atoms with Crippen LogP contribution in [-0.2, 0) is 4.79 Å². The third-order valence-electron chi connectivity index (χ3n) is 5.84. The molecule has 160 valence electrons. The van der Waals surface area contributed by atoms with Crippen molar-refractivity contribution >= 4 is 40.4 Å². The van der Waals surface area contributed by atoms with Crippen LogP contribution in [0.4, 0.5) is 0 Å². The fourth-order valence-electron chi connectivity index (χ4n) is 4.15. The number of fused-ring (bicyclic) bond motifs is 1. The van der Waals surface area contributed by atoms with Crippen molar-refractivity contribution in [1.29, 1.82) is 0 Å². The Balaban J connectivity index is 1.44. The lowest BCUT2D eigenvalue weighted by Crippen LogP contribution is -2.36. The number of hydrogen-bond acceptors (Lipinski definition) is 3. The van der Waals surface area contributed by atoms with Gasteiger partial charge in [0.15, 0.2) is 0 Å². The number of H-pyrrole nitrogens is 1. The van der Waals surface area contributed by atoms with Crippen molar-refractivity contribution in [1.82, 2.24) is 9.88 Å². The minimum atomic E-state index is -0.433. The number of halogens is 1. The second kappa shape index (κ2) is 8.86. The minimum Gasteiger partial charge on any atom is -0.496 e. The van der Waals surface area contributed by atoms with Crippen LogP contribution in [0.15, 0.2) is 48.7 Å². The lowest BCUT2D eigenvalue weighted by atomic mass is 9.89. The Morgan fingerprint density at radius 1 is 1.19 bits per heavy atom. The number of ether oxygens (including phenoxy) is 1. The first-order chi connectivity index (χ1) is 15.0. The summed E-state index contributed by atoms with van der Waals surface area (Å²) in [6.45, 7) is 1.34. The third kappa shape index (κ3) is 4.44. The van der Waals surface area contributed by atoms with Crippen molar-refractivity contribution in [2.45, 2.75) is 18.8 Å². The molecule has 4 rings (SSSR count). The van der Waals surface area contributed by atoms with E-state index in [1.807, 2.05) is 23.2 Å². The van der Waals surface area contributed by atoms with Gasteiger partial charge in [-0.2, -0.15) is 0 Å². The van der Waals surface area contributed by atoms with Gasteiger partial charge in [0.25, 0.3) is 0 Å². The summed E-state index contributed by atoms with van der Waals surface area (Å²) >= 11 is 6.06. The molecular formula is C24H24ClN3O3. The molecule has 1 aliphatic rings. The van der Waals surface area contributed by atoms with Gasteiger partial charge in [-0.3, -0.25) is 9.59 Å². The Labute approximate surface area is 185 Å². The molecule has 7 heteroatoms. The molecule has 2 amide bonds. The van der Waals surface area contributed by atoms with Crippen LogP contribution < -0.4 is 10.5 Å². The van der Waals surface area contributed by atoms with Crippen molar-refractivity contribution in [3.8, 4) is 5.75 Å². The van der Waals surface area contributed by atoms with Gasteiger partial charge in [0, 0.05) is 52.4 Å². The van der Waals surface area contributed by atoms with Gasteiger partial charge in [-0.1, -0.05) is 11.6 Å². The van der Waals surface area contributed by atoms with E-state index in [-0.39, 0.29) is 5.91 Å². The van der Waals surface area contributed by atoms with Gasteiger partial charge in [0.05, 0.1) is 7.11 Å². The fraction of sp³-hybridized carbons (Fsp3) is 0.250. The van der Waals surface area contributed by atoms with Gasteiger partial charge >= 0.3 is 0 Å². The zero-order valence-corrected chi connectivity index (χ0v) is 18.0. The molecule has 6 nitrogen and oxygen atoms in total. The summed E-state index contributed by atoms with van der Waals surface area (Å²) in [6.07, 6.45) is 7.02. The molecule has 3 N–H and O–H groups in total. The highest BCUT2D eigenvalue weighted by Gasteiger charge is 2.25. The highest BCUT2D eigenvalue weighted by atomic mass is 35.5. The largest absolute Gasteiger partial charge is 0.496 e. The van der Waals surface area contributed by atoms with Gasteiger partial charge in [-0.05, 0) is 66.8 Å². The molecule has 0 radical (unpaired) electrons. The van der Waals surface area contributed by atoms with Crippen LogP contribution in [-0.4, -0.2) is 41.9 Å². The summed E-state index contributed by atoms with van der Waals surface area (Å²) in [7, 11) is 1.59. The molecule has 2 aromatic carbocycles. The van der Waals surface area contributed by atoms with Crippen LogP contribution in [0, 0.1) is 0 Å². The highest BCUT2D eigenvalue weighted by molar-refractivity contribution is 6.30. The predicted molar refractivity (Wildman–Crippen MR) is 122 cm³/mol. The minimum absolute atomic E-state index is 0.0320. The second-order valence-electron chi connectivity index (χ2n) is 7.69. The van der Waals surface area contributed by atoms with Gasteiger partial charge in [-0.25, -0.2) is 0 Å². The van der Waals surface area contributed by atoms with Crippen molar-refractivity contribution < 1.29 is 14.3 Å². The smallest absolute Gasteiger partial charge is 0.248 e. The monoisotopic (exact) mass is 437 g/mol. The molecular weight excluding hydrogens is 414 g/mol. The van der Waals surface area contributed by atoms with E-state index in [0.29, 0.717) is 35.3 Å². The number of methoxy groups -OCH3 is 1. The summed E-state index contributed by atoms with van der Waals surface area (Å²) in [6, 6.07) is 10.8. The predicted octanol–water partition coefficient (Wildman–Crippen LogP) is 4.35. The van der Waals surface area contributed by atoms with E-state index in [0.717, 1.165) is 29.3 Å². The van der Waals surface area contributed by atoms with Gasteiger partial charge in [0.1, 0.15) is 5.75 Å². The molecule has 1 fully saturated rings. The number of carbonyl (C=O) groups excluding carboxylic acids is 2. The van der Waals surface area contributed by atoms with E-state index in [1.165, 1.54) is 5.56 Å². The van der Waals surface area contributed by atoms with Crippen LogP contribution in [0.5, 0.6) is 5.75 Å². The summed E-state index contributed by atoms with van der Waals surface area (Å²) in [5, 5.41) is 1.61. The number of benzene rings is 2. The van der Waals surface area contributed by atoms with Gasteiger partial charge in [0.2, 0.25) is 11.8 Å². The van der Waals surface area contributed by atoms with Crippen molar-refractivity contribution in [2.75, 3.05) is 20.2 Å². The SMILES string of the molecule is COc1ccc(Cl)cc1/C=C/C(=O)N1CCC(c2c[nH]c3ccc(C(N)=O)cc23)CC1. The first kappa shape index (κ1) is 21.0. The normalized spacial score (nSPS) is 15.0. The van der Waals surface area contributed by atoms with E-state index in [1.54, 1.807) is 43.5 Å². The van der Waals surface area contributed by atoms with Gasteiger partial charge < -0.3 is 20.4 Å². The van der Waals surface area contributed by atoms with Crippen molar-refractivity contribution in [2.24, 2.45) is 5.73 Å². The highest BCUT2D eigenvalue weighted by Crippen LogP contribution is 2.34. The Bertz CT molecular complexity index is 1160. The Morgan fingerprint density at radius 2 is 1.97 bits per heavy atom. The lowest BCUT2D eigenvalue weighted by molar-refractivity contribution is -0.126. The topological polar surface area (TPSA) is 88.4 Å². The number of rotatable bonds is 5. The zero-order chi connectivity index (χ0) is 22.0. The Kier molecular flexibility index (Phi) is 6.00. The van der Waals surface area contributed by atoms with Crippen LogP contribution in [0.25, 0.3) is 17.0 Å². The molecule has 1 aromatic heterocycles. The summed E-state index contributed by atoms with van der Waals surface area (Å²) in [4.78, 5) is 29.4. The maximum Gasteiger partial charge on any atom is 0.248 e. The number of amides is 2.